The van der Waals surface area contributed by atoms with E-state index in [9.17, 15) is 4.79 Å². The molecule has 0 unspecified atom stereocenters. The molecule has 1 saturated heterocycles. The van der Waals surface area contributed by atoms with E-state index in [2.05, 4.69) is 0 Å². The Balaban J connectivity index is 1.63. The van der Waals surface area contributed by atoms with E-state index < -0.39 is 0 Å². The molecule has 0 saturated carbocycles. The highest BCUT2D eigenvalue weighted by Crippen LogP contribution is 2.35. The van der Waals surface area contributed by atoms with E-state index >= 15 is 0 Å². The fourth-order valence-corrected chi connectivity index (χ4v) is 6.75. The Morgan fingerprint density at radius 1 is 1.27 bits per heavy atom. The van der Waals surface area contributed by atoms with Crippen LogP contribution in [0.15, 0.2) is 34.2 Å². The SMILES string of the molecule is COc1cccc(-n2c(SC[C@H]3CCCCO3)nc3sc4c(c3c2=O)CCCC4)c1. The summed E-state index contributed by atoms with van der Waals surface area (Å²) in [4.78, 5) is 21.0. The summed E-state index contributed by atoms with van der Waals surface area (Å²) in [6.45, 7) is 0.831. The van der Waals surface area contributed by atoms with E-state index in [1.807, 2.05) is 24.3 Å². The maximum atomic E-state index is 13.8. The number of aromatic nitrogens is 2. The molecule has 0 amide bonds. The first-order valence-corrected chi connectivity index (χ1v) is 12.5. The minimum absolute atomic E-state index is 0.0414. The topological polar surface area (TPSA) is 53.4 Å². The van der Waals surface area contributed by atoms with Crippen molar-refractivity contribution in [3.05, 3.63) is 45.1 Å². The van der Waals surface area contributed by atoms with Gasteiger partial charge in [-0.3, -0.25) is 9.36 Å². The minimum atomic E-state index is 0.0414. The molecule has 3 aromatic rings. The van der Waals surface area contributed by atoms with Crippen molar-refractivity contribution in [1.82, 2.24) is 9.55 Å². The van der Waals surface area contributed by atoms with Crippen molar-refractivity contribution in [1.29, 1.82) is 0 Å². The summed E-state index contributed by atoms with van der Waals surface area (Å²) in [5, 5.41) is 1.56. The van der Waals surface area contributed by atoms with Gasteiger partial charge in [0.2, 0.25) is 0 Å². The largest absolute Gasteiger partial charge is 0.497 e. The average molecular weight is 443 g/mol. The Morgan fingerprint density at radius 3 is 3.00 bits per heavy atom. The Bertz CT molecular complexity index is 1120. The molecule has 2 aliphatic rings. The zero-order valence-electron chi connectivity index (χ0n) is 17.2. The standard InChI is InChI=1S/C23H26N2O3S2/c1-27-16-9-6-7-15(13-16)25-22(26)20-18-10-2-3-11-19(18)30-21(20)24-23(25)29-14-17-8-4-5-12-28-17/h6-7,9,13,17H,2-5,8,10-12,14H2,1H3/t17-/m1/s1. The number of hydrogen-bond donors (Lipinski definition) is 0. The number of methoxy groups -OCH3 is 1. The molecular formula is C23H26N2O3S2. The molecule has 7 heteroatoms. The summed E-state index contributed by atoms with van der Waals surface area (Å²) in [5.74, 6) is 1.55. The first-order valence-electron chi connectivity index (χ1n) is 10.7. The molecule has 30 heavy (non-hydrogen) atoms. The van der Waals surface area contributed by atoms with Crippen LogP contribution in [0.2, 0.25) is 0 Å². The van der Waals surface area contributed by atoms with Gasteiger partial charge in [0.1, 0.15) is 10.6 Å². The maximum absolute atomic E-state index is 13.8. The highest BCUT2D eigenvalue weighted by Gasteiger charge is 2.24. The molecular weight excluding hydrogens is 416 g/mol. The van der Waals surface area contributed by atoms with Crippen molar-refractivity contribution in [3.63, 3.8) is 0 Å². The van der Waals surface area contributed by atoms with Crippen LogP contribution >= 0.6 is 23.1 Å². The zero-order valence-corrected chi connectivity index (χ0v) is 18.8. The third kappa shape index (κ3) is 3.79. The number of fused-ring (bicyclic) bond motifs is 3. The van der Waals surface area contributed by atoms with Crippen LogP contribution in [0.5, 0.6) is 5.75 Å². The lowest BCUT2D eigenvalue weighted by Crippen LogP contribution is -2.24. The number of thioether (sulfide) groups is 1. The molecule has 3 heterocycles. The number of hydrogen-bond acceptors (Lipinski definition) is 6. The monoisotopic (exact) mass is 442 g/mol. The molecule has 1 fully saturated rings. The maximum Gasteiger partial charge on any atom is 0.267 e. The van der Waals surface area contributed by atoms with Crippen molar-refractivity contribution < 1.29 is 9.47 Å². The van der Waals surface area contributed by atoms with Gasteiger partial charge in [-0.25, -0.2) is 4.98 Å². The number of thiophene rings is 1. The van der Waals surface area contributed by atoms with Crippen LogP contribution in [-0.4, -0.2) is 35.1 Å². The van der Waals surface area contributed by atoms with E-state index in [1.165, 1.54) is 23.3 Å². The molecule has 0 N–H and O–H groups in total. The molecule has 158 valence electrons. The van der Waals surface area contributed by atoms with Gasteiger partial charge in [-0.2, -0.15) is 0 Å². The van der Waals surface area contributed by atoms with E-state index in [4.69, 9.17) is 14.5 Å². The van der Waals surface area contributed by atoms with Crippen LogP contribution in [0.1, 0.15) is 42.5 Å². The van der Waals surface area contributed by atoms with E-state index in [0.29, 0.717) is 0 Å². The van der Waals surface area contributed by atoms with Crippen molar-refractivity contribution in [2.45, 2.75) is 56.2 Å². The lowest BCUT2D eigenvalue weighted by Gasteiger charge is -2.22. The summed E-state index contributed by atoms with van der Waals surface area (Å²) in [6, 6.07) is 7.69. The number of ether oxygens (including phenoxy) is 2. The lowest BCUT2D eigenvalue weighted by molar-refractivity contribution is 0.0315. The predicted molar refractivity (Wildman–Crippen MR) is 123 cm³/mol. The Labute approximate surface area is 184 Å². The Kier molecular flexibility index (Phi) is 5.85. The molecule has 1 atom stereocenters. The summed E-state index contributed by atoms with van der Waals surface area (Å²) < 4.78 is 13.1. The summed E-state index contributed by atoms with van der Waals surface area (Å²) in [6.07, 6.45) is 8.04. The molecule has 1 aliphatic heterocycles. The molecule has 0 spiro atoms. The fraction of sp³-hybridized carbons (Fsp3) is 0.478. The molecule has 2 aromatic heterocycles. The minimum Gasteiger partial charge on any atom is -0.497 e. The van der Waals surface area contributed by atoms with Crippen LogP contribution in [0.25, 0.3) is 15.9 Å². The number of aryl methyl sites for hydroxylation is 2. The van der Waals surface area contributed by atoms with Gasteiger partial charge >= 0.3 is 0 Å². The summed E-state index contributed by atoms with van der Waals surface area (Å²) in [7, 11) is 1.65. The third-order valence-electron chi connectivity index (χ3n) is 5.94. The van der Waals surface area contributed by atoms with Crippen molar-refractivity contribution in [3.8, 4) is 11.4 Å². The van der Waals surface area contributed by atoms with Gasteiger partial charge in [0.15, 0.2) is 5.16 Å². The average Bonchev–Trinajstić information content (AvgIpc) is 3.17. The predicted octanol–water partition coefficient (Wildman–Crippen LogP) is 5.00. The lowest BCUT2D eigenvalue weighted by atomic mass is 9.97. The van der Waals surface area contributed by atoms with E-state index in [0.717, 1.165) is 71.3 Å². The summed E-state index contributed by atoms with van der Waals surface area (Å²) >= 11 is 3.34. The molecule has 5 rings (SSSR count). The van der Waals surface area contributed by atoms with Gasteiger partial charge in [-0.1, -0.05) is 17.8 Å². The van der Waals surface area contributed by atoms with E-state index in [-0.39, 0.29) is 11.7 Å². The number of rotatable bonds is 5. The van der Waals surface area contributed by atoms with Crippen molar-refractivity contribution in [2.24, 2.45) is 0 Å². The van der Waals surface area contributed by atoms with Crippen LogP contribution in [0, 0.1) is 0 Å². The number of benzene rings is 1. The second-order valence-electron chi connectivity index (χ2n) is 7.93. The van der Waals surface area contributed by atoms with E-state index in [1.54, 1.807) is 34.8 Å². The normalized spacial score (nSPS) is 19.0. The Hall–Kier alpha value is -1.83. The molecule has 1 aromatic carbocycles. The van der Waals surface area contributed by atoms with Gasteiger partial charge < -0.3 is 9.47 Å². The molecule has 5 nitrogen and oxygen atoms in total. The molecule has 1 aliphatic carbocycles. The quantitative estimate of drug-likeness (QED) is 0.411. The first-order chi connectivity index (χ1) is 14.7. The fourth-order valence-electron chi connectivity index (χ4n) is 4.37. The van der Waals surface area contributed by atoms with Crippen LogP contribution in [0.3, 0.4) is 0 Å². The van der Waals surface area contributed by atoms with Gasteiger partial charge in [0.05, 0.1) is 24.3 Å². The molecule has 0 bridgehead atoms. The van der Waals surface area contributed by atoms with Gasteiger partial charge in [0.25, 0.3) is 5.56 Å². The van der Waals surface area contributed by atoms with Crippen LogP contribution in [0.4, 0.5) is 0 Å². The first kappa shape index (κ1) is 20.1. The highest BCUT2D eigenvalue weighted by molar-refractivity contribution is 7.99. The Morgan fingerprint density at radius 2 is 2.17 bits per heavy atom. The van der Waals surface area contributed by atoms with Crippen LogP contribution < -0.4 is 10.3 Å². The number of nitrogens with zero attached hydrogens (tertiary/aromatic N) is 2. The van der Waals surface area contributed by atoms with Gasteiger partial charge in [-0.15, -0.1) is 11.3 Å². The van der Waals surface area contributed by atoms with Crippen LogP contribution in [-0.2, 0) is 17.6 Å². The zero-order chi connectivity index (χ0) is 20.5. The van der Waals surface area contributed by atoms with Gasteiger partial charge in [-0.05, 0) is 62.6 Å². The second kappa shape index (κ2) is 8.73. The van der Waals surface area contributed by atoms with Crippen molar-refractivity contribution >= 4 is 33.3 Å². The third-order valence-corrected chi connectivity index (χ3v) is 8.20. The smallest absolute Gasteiger partial charge is 0.267 e. The summed E-state index contributed by atoms with van der Waals surface area (Å²) in [5.41, 5.74) is 2.07. The highest BCUT2D eigenvalue weighted by atomic mass is 32.2. The van der Waals surface area contributed by atoms with Crippen molar-refractivity contribution in [2.75, 3.05) is 19.5 Å². The second-order valence-corrected chi connectivity index (χ2v) is 10.00. The molecule has 0 radical (unpaired) electrons. The van der Waals surface area contributed by atoms with Gasteiger partial charge in [0, 0.05) is 23.3 Å².